The molecule has 2 heterocycles. The van der Waals surface area contributed by atoms with Gasteiger partial charge >= 0.3 is 0 Å². The topological polar surface area (TPSA) is 102 Å². The van der Waals surface area contributed by atoms with Crippen molar-refractivity contribution in [1.29, 1.82) is 0 Å². The number of hydrogen-bond donors (Lipinski definition) is 1. The van der Waals surface area contributed by atoms with E-state index >= 15 is 0 Å². The first-order chi connectivity index (χ1) is 18.2. The maximum atomic E-state index is 13.7. The van der Waals surface area contributed by atoms with Crippen LogP contribution in [0.25, 0.3) is 11.1 Å². The summed E-state index contributed by atoms with van der Waals surface area (Å²) in [7, 11) is -4.42. The summed E-state index contributed by atoms with van der Waals surface area (Å²) in [6, 6.07) is 15.0. The van der Waals surface area contributed by atoms with Crippen LogP contribution >= 0.6 is 0 Å². The van der Waals surface area contributed by atoms with Crippen molar-refractivity contribution in [3.05, 3.63) is 100 Å². The number of aromatic nitrogens is 3. The lowest BCUT2D eigenvalue weighted by Gasteiger charge is -2.25. The van der Waals surface area contributed by atoms with Crippen LogP contribution in [0.2, 0.25) is 0 Å². The molecule has 1 unspecified atom stereocenters. The normalized spacial score (nSPS) is 12.4. The predicted molar refractivity (Wildman–Crippen MR) is 143 cm³/mol. The van der Waals surface area contributed by atoms with Crippen LogP contribution in [0.5, 0.6) is 5.88 Å². The van der Waals surface area contributed by atoms with Crippen LogP contribution in [0.4, 0.5) is 4.39 Å². The molecule has 0 fully saturated rings. The molecule has 2 aromatic heterocycles. The van der Waals surface area contributed by atoms with E-state index in [-0.39, 0.29) is 10.7 Å². The third-order valence-electron chi connectivity index (χ3n) is 6.59. The van der Waals surface area contributed by atoms with E-state index in [0.717, 1.165) is 23.2 Å². The Balaban J connectivity index is 1.86. The number of benzene rings is 2. The lowest BCUT2D eigenvalue weighted by atomic mass is 10.0. The summed E-state index contributed by atoms with van der Waals surface area (Å²) < 4.78 is 42.4. The summed E-state index contributed by atoms with van der Waals surface area (Å²) in [4.78, 5) is 20.6. The Morgan fingerprint density at radius 3 is 2.32 bits per heavy atom. The summed E-state index contributed by atoms with van der Waals surface area (Å²) in [5.74, 6) is -0.795. The molecule has 0 amide bonds. The molecular formula is C29H30FN3O4S. The van der Waals surface area contributed by atoms with Gasteiger partial charge in [0.25, 0.3) is 5.56 Å². The van der Waals surface area contributed by atoms with Gasteiger partial charge in [-0.15, -0.1) is 0 Å². The van der Waals surface area contributed by atoms with Crippen molar-refractivity contribution >= 4 is 9.84 Å². The standard InChI is InChI=1S/C29H30FN3O4S/c1-4-6-9-26-32-28(34)27(29(35)33(26)25(5-2)21-10-14-22(30)15-11-21)38(36,37)23-16-12-20(13-17-23)24-8-7-18-31-19(24)3/h7-8,10-18,25,35H,4-6,9H2,1-3H3. The van der Waals surface area contributed by atoms with Crippen molar-refractivity contribution in [2.24, 2.45) is 0 Å². The summed E-state index contributed by atoms with van der Waals surface area (Å²) in [5, 5.41) is 11.4. The number of aromatic hydroxyl groups is 1. The number of aryl methyl sites for hydroxylation is 2. The molecule has 4 rings (SSSR count). The molecule has 1 atom stereocenters. The third-order valence-corrected chi connectivity index (χ3v) is 8.38. The number of rotatable bonds is 9. The average molecular weight is 536 g/mol. The molecule has 1 N–H and O–H groups in total. The lowest BCUT2D eigenvalue weighted by molar-refractivity contribution is 0.358. The van der Waals surface area contributed by atoms with Crippen LogP contribution < -0.4 is 5.56 Å². The summed E-state index contributed by atoms with van der Waals surface area (Å²) in [6.45, 7) is 5.70. The molecule has 0 bridgehead atoms. The Labute approximate surface area is 221 Å². The minimum atomic E-state index is -4.42. The largest absolute Gasteiger partial charge is 0.493 e. The van der Waals surface area contributed by atoms with Crippen molar-refractivity contribution in [1.82, 2.24) is 14.5 Å². The van der Waals surface area contributed by atoms with E-state index in [4.69, 9.17) is 0 Å². The van der Waals surface area contributed by atoms with Crippen LogP contribution in [-0.4, -0.2) is 28.1 Å². The van der Waals surface area contributed by atoms with E-state index in [1.807, 2.05) is 26.8 Å². The second-order valence-electron chi connectivity index (χ2n) is 9.10. The number of hydrogen-bond acceptors (Lipinski definition) is 6. The van der Waals surface area contributed by atoms with Gasteiger partial charge in [-0.05, 0) is 61.2 Å². The second kappa shape index (κ2) is 11.3. The highest BCUT2D eigenvalue weighted by Crippen LogP contribution is 2.34. The van der Waals surface area contributed by atoms with Crippen LogP contribution in [0.1, 0.15) is 56.2 Å². The zero-order valence-electron chi connectivity index (χ0n) is 21.6. The second-order valence-corrected chi connectivity index (χ2v) is 11.0. The maximum absolute atomic E-state index is 13.7. The van der Waals surface area contributed by atoms with Gasteiger partial charge in [0, 0.05) is 23.9 Å². The van der Waals surface area contributed by atoms with Gasteiger partial charge in [-0.2, -0.15) is 4.98 Å². The van der Waals surface area contributed by atoms with Crippen LogP contribution in [0.15, 0.2) is 81.4 Å². The van der Waals surface area contributed by atoms with Crippen molar-refractivity contribution in [2.75, 3.05) is 0 Å². The van der Waals surface area contributed by atoms with Crippen molar-refractivity contribution < 1.29 is 17.9 Å². The van der Waals surface area contributed by atoms with E-state index < -0.39 is 38.0 Å². The Kier molecular flexibility index (Phi) is 8.06. The van der Waals surface area contributed by atoms with Gasteiger partial charge < -0.3 is 5.11 Å². The Morgan fingerprint density at radius 2 is 1.71 bits per heavy atom. The van der Waals surface area contributed by atoms with Crippen molar-refractivity contribution in [3.63, 3.8) is 0 Å². The molecule has 198 valence electrons. The molecule has 9 heteroatoms. The zero-order chi connectivity index (χ0) is 27.4. The molecule has 0 aliphatic rings. The van der Waals surface area contributed by atoms with Gasteiger partial charge in [-0.25, -0.2) is 12.8 Å². The van der Waals surface area contributed by atoms with Gasteiger partial charge in [0.1, 0.15) is 11.6 Å². The number of sulfone groups is 1. The fraction of sp³-hybridized carbons (Fsp3) is 0.276. The first-order valence-electron chi connectivity index (χ1n) is 12.6. The smallest absolute Gasteiger partial charge is 0.296 e. The van der Waals surface area contributed by atoms with E-state index in [1.54, 1.807) is 36.5 Å². The van der Waals surface area contributed by atoms with Crippen LogP contribution in [-0.2, 0) is 16.3 Å². The van der Waals surface area contributed by atoms with Crippen LogP contribution in [0, 0.1) is 12.7 Å². The summed E-state index contributed by atoms with van der Waals surface area (Å²) in [6.07, 6.45) is 4.00. The summed E-state index contributed by atoms with van der Waals surface area (Å²) in [5.41, 5.74) is 2.07. The fourth-order valence-corrected chi connectivity index (χ4v) is 5.94. The molecule has 4 aromatic rings. The lowest BCUT2D eigenvalue weighted by Crippen LogP contribution is -2.27. The molecule has 0 radical (unpaired) electrons. The van der Waals surface area contributed by atoms with Gasteiger partial charge in [0.15, 0.2) is 4.90 Å². The highest BCUT2D eigenvalue weighted by Gasteiger charge is 2.31. The molecule has 0 saturated carbocycles. The van der Waals surface area contributed by atoms with E-state index in [0.29, 0.717) is 24.8 Å². The first kappa shape index (κ1) is 27.2. The summed E-state index contributed by atoms with van der Waals surface area (Å²) >= 11 is 0. The quantitative estimate of drug-likeness (QED) is 0.298. The van der Waals surface area contributed by atoms with Crippen molar-refractivity contribution in [2.45, 2.75) is 62.3 Å². The molecule has 0 spiro atoms. The first-order valence-corrected chi connectivity index (χ1v) is 14.0. The fourth-order valence-electron chi connectivity index (χ4n) is 4.60. The number of pyridine rings is 1. The highest BCUT2D eigenvalue weighted by atomic mass is 32.2. The Hall–Kier alpha value is -3.85. The number of unbranched alkanes of at least 4 members (excludes halogenated alkanes) is 1. The molecule has 0 aliphatic heterocycles. The van der Waals surface area contributed by atoms with Gasteiger partial charge in [-0.3, -0.25) is 14.3 Å². The Bertz CT molecular complexity index is 1600. The zero-order valence-corrected chi connectivity index (χ0v) is 22.4. The Morgan fingerprint density at radius 1 is 1.03 bits per heavy atom. The monoisotopic (exact) mass is 535 g/mol. The maximum Gasteiger partial charge on any atom is 0.296 e. The van der Waals surface area contributed by atoms with E-state index in [2.05, 4.69) is 9.97 Å². The average Bonchev–Trinajstić information content (AvgIpc) is 2.90. The van der Waals surface area contributed by atoms with Gasteiger partial charge in [-0.1, -0.05) is 50.6 Å². The molecule has 0 aliphatic carbocycles. The highest BCUT2D eigenvalue weighted by molar-refractivity contribution is 7.91. The SMILES string of the molecule is CCCCc1nc(=O)c(S(=O)(=O)c2ccc(-c3cccnc3C)cc2)c(O)n1C(CC)c1ccc(F)cc1. The van der Waals surface area contributed by atoms with Crippen molar-refractivity contribution in [3.8, 4) is 17.0 Å². The minimum Gasteiger partial charge on any atom is -0.493 e. The number of nitrogens with zero attached hydrogens (tertiary/aromatic N) is 3. The number of halogens is 1. The molecule has 38 heavy (non-hydrogen) atoms. The third kappa shape index (κ3) is 5.24. The van der Waals surface area contributed by atoms with Gasteiger partial charge in [0.05, 0.1) is 10.9 Å². The molecule has 0 saturated heterocycles. The van der Waals surface area contributed by atoms with Crippen LogP contribution in [0.3, 0.4) is 0 Å². The van der Waals surface area contributed by atoms with E-state index in [1.165, 1.54) is 28.8 Å². The molecular weight excluding hydrogens is 505 g/mol. The molecule has 7 nitrogen and oxygen atoms in total. The predicted octanol–water partition coefficient (Wildman–Crippen LogP) is 5.63. The molecule has 2 aromatic carbocycles. The van der Waals surface area contributed by atoms with E-state index in [9.17, 15) is 22.7 Å². The minimum absolute atomic E-state index is 0.139. The van der Waals surface area contributed by atoms with Gasteiger partial charge in [0.2, 0.25) is 15.7 Å².